The quantitative estimate of drug-likeness (QED) is 0.610. The molecule has 0 saturated carbocycles. The SMILES string of the molecule is COc1ccccc1/C=C/C(=O)O[C@@H](C)C(=O)Nc1ccc2c(c1)OCCO2. The molecule has 7 heteroatoms. The van der Waals surface area contributed by atoms with Crippen molar-refractivity contribution in [3.63, 3.8) is 0 Å². The lowest BCUT2D eigenvalue weighted by Crippen LogP contribution is -2.29. The van der Waals surface area contributed by atoms with Gasteiger partial charge in [0.1, 0.15) is 19.0 Å². The Kier molecular flexibility index (Phi) is 6.16. The van der Waals surface area contributed by atoms with E-state index in [1.54, 1.807) is 43.5 Å². The molecule has 0 aromatic heterocycles. The minimum absolute atomic E-state index is 0.448. The lowest BCUT2D eigenvalue weighted by atomic mass is 10.2. The summed E-state index contributed by atoms with van der Waals surface area (Å²) in [4.78, 5) is 24.3. The van der Waals surface area contributed by atoms with Gasteiger partial charge in [0.2, 0.25) is 0 Å². The minimum Gasteiger partial charge on any atom is -0.496 e. The molecule has 0 aliphatic carbocycles. The second-order valence-electron chi connectivity index (χ2n) is 6.00. The fourth-order valence-electron chi connectivity index (χ4n) is 2.59. The van der Waals surface area contributed by atoms with Crippen molar-refractivity contribution < 1.29 is 28.5 Å². The second-order valence-corrected chi connectivity index (χ2v) is 6.00. The van der Waals surface area contributed by atoms with Crippen LogP contribution >= 0.6 is 0 Å². The zero-order chi connectivity index (χ0) is 19.9. The molecule has 2 aromatic rings. The number of rotatable bonds is 6. The Bertz CT molecular complexity index is 892. The van der Waals surface area contributed by atoms with Crippen LogP contribution in [0, 0.1) is 0 Å². The molecule has 28 heavy (non-hydrogen) atoms. The molecule has 0 saturated heterocycles. The van der Waals surface area contributed by atoms with Crippen LogP contribution in [-0.2, 0) is 14.3 Å². The number of anilines is 1. The smallest absolute Gasteiger partial charge is 0.331 e. The van der Waals surface area contributed by atoms with Crippen LogP contribution in [0.25, 0.3) is 6.08 Å². The van der Waals surface area contributed by atoms with E-state index in [4.69, 9.17) is 18.9 Å². The van der Waals surface area contributed by atoms with E-state index < -0.39 is 18.0 Å². The van der Waals surface area contributed by atoms with Crippen LogP contribution in [0.15, 0.2) is 48.5 Å². The van der Waals surface area contributed by atoms with E-state index in [2.05, 4.69) is 5.32 Å². The molecule has 146 valence electrons. The van der Waals surface area contributed by atoms with Crippen LogP contribution in [-0.4, -0.2) is 38.3 Å². The molecule has 1 heterocycles. The summed E-state index contributed by atoms with van der Waals surface area (Å²) in [5.41, 5.74) is 1.26. The van der Waals surface area contributed by atoms with E-state index in [1.807, 2.05) is 12.1 Å². The first-order chi connectivity index (χ1) is 13.6. The molecule has 3 rings (SSSR count). The Labute approximate surface area is 162 Å². The number of carbonyl (C=O) groups excluding carboxylic acids is 2. The molecule has 0 fully saturated rings. The van der Waals surface area contributed by atoms with Crippen LogP contribution in [0.1, 0.15) is 12.5 Å². The maximum Gasteiger partial charge on any atom is 0.331 e. The maximum absolute atomic E-state index is 12.3. The van der Waals surface area contributed by atoms with Gasteiger partial charge >= 0.3 is 5.97 Å². The first-order valence-electron chi connectivity index (χ1n) is 8.79. The van der Waals surface area contributed by atoms with Crippen molar-refractivity contribution in [3.8, 4) is 17.2 Å². The van der Waals surface area contributed by atoms with Crippen LogP contribution < -0.4 is 19.5 Å². The van der Waals surface area contributed by atoms with E-state index in [0.717, 1.165) is 5.56 Å². The molecule has 2 aromatic carbocycles. The summed E-state index contributed by atoms with van der Waals surface area (Å²) in [6.45, 7) is 2.45. The summed E-state index contributed by atoms with van der Waals surface area (Å²) in [5, 5.41) is 2.69. The van der Waals surface area contributed by atoms with Crippen molar-refractivity contribution in [1.82, 2.24) is 0 Å². The van der Waals surface area contributed by atoms with E-state index in [1.165, 1.54) is 13.0 Å². The molecule has 0 radical (unpaired) electrons. The van der Waals surface area contributed by atoms with E-state index >= 15 is 0 Å². The van der Waals surface area contributed by atoms with Gasteiger partial charge in [-0.25, -0.2) is 4.79 Å². The lowest BCUT2D eigenvalue weighted by Gasteiger charge is -2.19. The first-order valence-corrected chi connectivity index (χ1v) is 8.79. The monoisotopic (exact) mass is 383 g/mol. The minimum atomic E-state index is -0.969. The lowest BCUT2D eigenvalue weighted by molar-refractivity contribution is -0.148. The van der Waals surface area contributed by atoms with E-state index in [-0.39, 0.29) is 0 Å². The van der Waals surface area contributed by atoms with E-state index in [0.29, 0.717) is 36.1 Å². The Hall–Kier alpha value is -3.48. The Balaban J connectivity index is 1.56. The molecule has 1 atom stereocenters. The number of benzene rings is 2. The summed E-state index contributed by atoms with van der Waals surface area (Å²) in [6, 6.07) is 12.3. The number of hydrogen-bond acceptors (Lipinski definition) is 6. The van der Waals surface area contributed by atoms with Gasteiger partial charge in [0.05, 0.1) is 7.11 Å². The van der Waals surface area contributed by atoms with Gasteiger partial charge in [-0.15, -0.1) is 0 Å². The number of carbonyl (C=O) groups is 2. The molecule has 1 amide bonds. The van der Waals surface area contributed by atoms with Crippen molar-refractivity contribution in [2.75, 3.05) is 25.6 Å². The summed E-state index contributed by atoms with van der Waals surface area (Å²) in [7, 11) is 1.55. The number of methoxy groups -OCH3 is 1. The average molecular weight is 383 g/mol. The van der Waals surface area contributed by atoms with Gasteiger partial charge in [-0.3, -0.25) is 4.79 Å². The van der Waals surface area contributed by atoms with Crippen LogP contribution in [0.2, 0.25) is 0 Å². The van der Waals surface area contributed by atoms with Gasteiger partial charge in [-0.2, -0.15) is 0 Å². The van der Waals surface area contributed by atoms with Gasteiger partial charge in [0, 0.05) is 23.4 Å². The number of esters is 1. The number of para-hydroxylation sites is 1. The average Bonchev–Trinajstić information content (AvgIpc) is 2.72. The first kappa shape index (κ1) is 19.3. The van der Waals surface area contributed by atoms with Crippen LogP contribution in [0.3, 0.4) is 0 Å². The zero-order valence-electron chi connectivity index (χ0n) is 15.6. The predicted molar refractivity (Wildman–Crippen MR) is 104 cm³/mol. The molecule has 0 spiro atoms. The van der Waals surface area contributed by atoms with Crippen LogP contribution in [0.5, 0.6) is 17.2 Å². The number of amides is 1. The summed E-state index contributed by atoms with van der Waals surface area (Å²) in [5.74, 6) is 0.751. The maximum atomic E-state index is 12.3. The Morgan fingerprint density at radius 1 is 1.11 bits per heavy atom. The van der Waals surface area contributed by atoms with Gasteiger partial charge in [-0.1, -0.05) is 18.2 Å². The summed E-state index contributed by atoms with van der Waals surface area (Å²) in [6.07, 6.45) is 1.86. The fourth-order valence-corrected chi connectivity index (χ4v) is 2.59. The van der Waals surface area contributed by atoms with E-state index in [9.17, 15) is 9.59 Å². The molecular weight excluding hydrogens is 362 g/mol. The third-order valence-electron chi connectivity index (χ3n) is 4.01. The second kappa shape index (κ2) is 8.94. The summed E-state index contributed by atoms with van der Waals surface area (Å²) < 4.78 is 21.3. The predicted octanol–water partition coefficient (Wildman–Crippen LogP) is 3.05. The van der Waals surface area contributed by atoms with Crippen molar-refractivity contribution in [3.05, 3.63) is 54.1 Å². The number of hydrogen-bond donors (Lipinski definition) is 1. The number of ether oxygens (including phenoxy) is 4. The zero-order valence-corrected chi connectivity index (χ0v) is 15.6. The van der Waals surface area contributed by atoms with Gasteiger partial charge in [-0.05, 0) is 31.2 Å². The van der Waals surface area contributed by atoms with Crippen molar-refractivity contribution in [2.45, 2.75) is 13.0 Å². The van der Waals surface area contributed by atoms with Gasteiger partial charge in [0.25, 0.3) is 5.91 Å². The van der Waals surface area contributed by atoms with Crippen molar-refractivity contribution in [2.24, 2.45) is 0 Å². The molecule has 1 aliphatic rings. The Morgan fingerprint density at radius 3 is 2.64 bits per heavy atom. The summed E-state index contributed by atoms with van der Waals surface area (Å²) >= 11 is 0. The van der Waals surface area contributed by atoms with Crippen molar-refractivity contribution in [1.29, 1.82) is 0 Å². The normalized spacial score (nSPS) is 13.6. The third kappa shape index (κ3) is 4.82. The highest BCUT2D eigenvalue weighted by Crippen LogP contribution is 2.32. The molecular formula is C21H21NO6. The highest BCUT2D eigenvalue weighted by atomic mass is 16.6. The Morgan fingerprint density at radius 2 is 1.86 bits per heavy atom. The largest absolute Gasteiger partial charge is 0.496 e. The molecule has 7 nitrogen and oxygen atoms in total. The number of fused-ring (bicyclic) bond motifs is 1. The van der Waals surface area contributed by atoms with Gasteiger partial charge < -0.3 is 24.3 Å². The molecule has 1 aliphatic heterocycles. The fraction of sp³-hybridized carbons (Fsp3) is 0.238. The molecule has 1 N–H and O–H groups in total. The highest BCUT2D eigenvalue weighted by molar-refractivity contribution is 5.97. The topological polar surface area (TPSA) is 83.1 Å². The van der Waals surface area contributed by atoms with Crippen LogP contribution in [0.4, 0.5) is 5.69 Å². The third-order valence-corrected chi connectivity index (χ3v) is 4.01. The highest BCUT2D eigenvalue weighted by Gasteiger charge is 2.18. The number of nitrogens with one attached hydrogen (secondary N) is 1. The van der Waals surface area contributed by atoms with Crippen molar-refractivity contribution >= 4 is 23.6 Å². The standard InChI is InChI=1S/C21H21NO6/c1-14(28-20(23)10-7-15-5-3-4-6-17(15)25-2)21(24)22-16-8-9-18-19(13-16)27-12-11-26-18/h3-10,13-14H,11-12H2,1-2H3,(H,22,24)/b10-7+/t14-/m0/s1. The molecule has 0 unspecified atom stereocenters. The molecule has 0 bridgehead atoms. The van der Waals surface area contributed by atoms with Gasteiger partial charge in [0.15, 0.2) is 17.6 Å².